The van der Waals surface area contributed by atoms with Crippen LogP contribution in [0.25, 0.3) is 0 Å². The molecule has 3 nitrogen and oxygen atoms in total. The Labute approximate surface area is 98.0 Å². The highest BCUT2D eigenvalue weighted by molar-refractivity contribution is 9.10. The average Bonchev–Trinajstić information content (AvgIpc) is 2.05. The largest absolute Gasteiger partial charge is 0.267 e. The minimum absolute atomic E-state index is 0.0866. The Balaban J connectivity index is 3.68. The first-order valence-corrected chi connectivity index (χ1v) is 6.73. The number of aryl methyl sites for hydroxylation is 1. The number of rotatable bonds is 2. The van der Waals surface area contributed by atoms with Crippen LogP contribution in [0.2, 0.25) is 0 Å². The lowest BCUT2D eigenvalue weighted by molar-refractivity contribution is 0.146. The van der Waals surface area contributed by atoms with E-state index in [1.165, 1.54) is 6.92 Å². The number of hydrogen-bond acceptors (Lipinski definition) is 3. The highest BCUT2D eigenvalue weighted by atomic mass is 79.9. The normalized spacial score (nSPS) is 12.1. The van der Waals surface area contributed by atoms with Gasteiger partial charge in [-0.3, -0.25) is 0 Å². The van der Waals surface area contributed by atoms with Crippen LogP contribution in [0.1, 0.15) is 17.6 Å². The molecule has 0 aliphatic carbocycles. The van der Waals surface area contributed by atoms with Crippen molar-refractivity contribution in [2.45, 2.75) is 18.2 Å². The van der Waals surface area contributed by atoms with E-state index in [-0.39, 0.29) is 10.2 Å². The van der Waals surface area contributed by atoms with Crippen molar-refractivity contribution in [3.8, 4) is 0 Å². The van der Waals surface area contributed by atoms with Gasteiger partial charge in [0.05, 0.1) is 10.5 Å². The summed E-state index contributed by atoms with van der Waals surface area (Å²) < 4.78 is 47.2. The first kappa shape index (κ1) is 12.8. The minimum atomic E-state index is -4.21. The summed E-state index contributed by atoms with van der Waals surface area (Å²) >= 11 is 2.76. The van der Waals surface area contributed by atoms with Gasteiger partial charge >= 0.3 is 0 Å². The van der Waals surface area contributed by atoms with Crippen molar-refractivity contribution in [2.24, 2.45) is 0 Å². The number of halogens is 4. The fourth-order valence-electron chi connectivity index (χ4n) is 1.10. The molecule has 0 radical (unpaired) electrons. The Morgan fingerprint density at radius 3 is 2.40 bits per heavy atom. The van der Waals surface area contributed by atoms with Crippen LogP contribution in [0.4, 0.5) is 8.78 Å². The molecule has 0 saturated heterocycles. The summed E-state index contributed by atoms with van der Waals surface area (Å²) in [6.45, 7) is 1.35. The third-order valence-corrected chi connectivity index (χ3v) is 3.78. The molecular weight excluding hydrogens is 316 g/mol. The van der Waals surface area contributed by atoms with E-state index in [4.69, 9.17) is 10.7 Å². The third kappa shape index (κ3) is 2.64. The van der Waals surface area contributed by atoms with Gasteiger partial charge in [-0.25, -0.2) is 22.2 Å². The highest BCUT2D eigenvalue weighted by Gasteiger charge is 2.27. The Bertz CT molecular complexity index is 492. The van der Waals surface area contributed by atoms with Crippen molar-refractivity contribution < 1.29 is 17.2 Å². The molecule has 15 heavy (non-hydrogen) atoms. The molecule has 0 saturated carbocycles. The molecule has 0 atom stereocenters. The lowest BCUT2D eigenvalue weighted by atomic mass is 10.2. The first-order chi connectivity index (χ1) is 6.75. The zero-order valence-electron chi connectivity index (χ0n) is 7.34. The molecule has 1 rings (SSSR count). The molecule has 0 amide bonds. The smallest absolute Gasteiger partial charge is 0.248 e. The van der Waals surface area contributed by atoms with E-state index < -0.39 is 25.9 Å². The van der Waals surface area contributed by atoms with Crippen LogP contribution in [0.3, 0.4) is 0 Å². The summed E-state index contributed by atoms with van der Waals surface area (Å²) in [5.74, 6) is 0. The molecule has 0 unspecified atom stereocenters. The second-order valence-corrected chi connectivity index (χ2v) is 5.97. The number of aromatic nitrogens is 1. The van der Waals surface area contributed by atoms with Crippen LogP contribution in [0.15, 0.2) is 15.7 Å². The average molecular weight is 321 g/mol. The summed E-state index contributed by atoms with van der Waals surface area (Å²) in [4.78, 5) is 3.01. The van der Waals surface area contributed by atoms with E-state index >= 15 is 0 Å². The van der Waals surface area contributed by atoms with Gasteiger partial charge in [-0.15, -0.1) is 0 Å². The number of nitrogens with zero attached hydrogens (tertiary/aromatic N) is 1. The van der Waals surface area contributed by atoms with Crippen LogP contribution < -0.4 is 0 Å². The summed E-state index contributed by atoms with van der Waals surface area (Å²) in [7, 11) is 0.866. The van der Waals surface area contributed by atoms with Crippen LogP contribution in [-0.4, -0.2) is 13.4 Å². The molecule has 0 bridgehead atoms. The topological polar surface area (TPSA) is 47.0 Å². The molecular formula is C7H5BrClF2NO2S. The first-order valence-electron chi connectivity index (χ1n) is 3.63. The molecule has 0 aromatic carbocycles. The minimum Gasteiger partial charge on any atom is -0.248 e. The summed E-state index contributed by atoms with van der Waals surface area (Å²) in [6.07, 6.45) is -1.80. The molecule has 0 aliphatic rings. The Morgan fingerprint density at radius 1 is 1.53 bits per heavy atom. The second kappa shape index (κ2) is 4.31. The molecule has 0 N–H and O–H groups in total. The standard InChI is InChI=1S/C7H5BrClF2NO2S/c1-3-2-12-6(8)4(7(10)11)5(3)15(9,13)14/h2,7H,1H3. The van der Waals surface area contributed by atoms with E-state index in [0.29, 0.717) is 0 Å². The monoisotopic (exact) mass is 319 g/mol. The molecule has 1 aromatic heterocycles. The maximum absolute atomic E-state index is 12.6. The number of pyridine rings is 1. The van der Waals surface area contributed by atoms with E-state index in [1.54, 1.807) is 0 Å². The second-order valence-electron chi connectivity index (χ2n) is 2.71. The van der Waals surface area contributed by atoms with Gasteiger partial charge in [-0.1, -0.05) is 0 Å². The van der Waals surface area contributed by atoms with E-state index in [9.17, 15) is 17.2 Å². The lowest BCUT2D eigenvalue weighted by Crippen LogP contribution is -2.04. The van der Waals surface area contributed by atoms with Crippen molar-refractivity contribution in [1.29, 1.82) is 0 Å². The predicted octanol–water partition coefficient (Wildman–Crippen LogP) is 3.02. The maximum atomic E-state index is 12.6. The van der Waals surface area contributed by atoms with Gasteiger partial charge in [-0.05, 0) is 28.4 Å². The van der Waals surface area contributed by atoms with Gasteiger partial charge in [-0.2, -0.15) is 0 Å². The molecule has 1 heterocycles. The Hall–Kier alpha value is -0.270. The molecule has 1 aromatic rings. The van der Waals surface area contributed by atoms with Gasteiger partial charge in [0.1, 0.15) is 4.60 Å². The summed E-state index contributed by atoms with van der Waals surface area (Å²) in [6, 6.07) is 0. The molecule has 0 spiro atoms. The van der Waals surface area contributed by atoms with E-state index in [2.05, 4.69) is 20.9 Å². The van der Waals surface area contributed by atoms with E-state index in [1.807, 2.05) is 0 Å². The van der Waals surface area contributed by atoms with Gasteiger partial charge in [0.25, 0.3) is 15.5 Å². The maximum Gasteiger partial charge on any atom is 0.267 e. The lowest BCUT2D eigenvalue weighted by Gasteiger charge is -2.09. The van der Waals surface area contributed by atoms with Crippen LogP contribution in [0, 0.1) is 6.92 Å². The summed E-state index contributed by atoms with van der Waals surface area (Å²) in [5.41, 5.74) is -0.617. The van der Waals surface area contributed by atoms with Crippen molar-refractivity contribution in [3.63, 3.8) is 0 Å². The van der Waals surface area contributed by atoms with Crippen molar-refractivity contribution in [3.05, 3.63) is 21.9 Å². The number of hydrogen-bond donors (Lipinski definition) is 0. The quantitative estimate of drug-likeness (QED) is 0.621. The zero-order chi connectivity index (χ0) is 11.8. The Morgan fingerprint density at radius 2 is 2.07 bits per heavy atom. The van der Waals surface area contributed by atoms with Crippen LogP contribution in [-0.2, 0) is 9.05 Å². The SMILES string of the molecule is Cc1cnc(Br)c(C(F)F)c1S(=O)(=O)Cl. The molecule has 8 heteroatoms. The Kier molecular flexibility index (Phi) is 3.67. The van der Waals surface area contributed by atoms with Gasteiger partial charge in [0.2, 0.25) is 0 Å². The molecule has 0 aliphatic heterocycles. The van der Waals surface area contributed by atoms with E-state index in [0.717, 1.165) is 6.20 Å². The van der Waals surface area contributed by atoms with Gasteiger partial charge in [0.15, 0.2) is 0 Å². The van der Waals surface area contributed by atoms with Gasteiger partial charge in [0, 0.05) is 16.9 Å². The van der Waals surface area contributed by atoms with Crippen molar-refractivity contribution in [2.75, 3.05) is 0 Å². The van der Waals surface area contributed by atoms with Crippen LogP contribution in [0.5, 0.6) is 0 Å². The fourth-order valence-corrected chi connectivity index (χ4v) is 3.21. The fraction of sp³-hybridized carbons (Fsp3) is 0.286. The third-order valence-electron chi connectivity index (χ3n) is 1.66. The summed E-state index contributed by atoms with van der Waals surface area (Å²) in [5, 5.41) is 0. The molecule has 84 valence electrons. The van der Waals surface area contributed by atoms with Crippen molar-refractivity contribution in [1.82, 2.24) is 4.98 Å². The highest BCUT2D eigenvalue weighted by Crippen LogP contribution is 2.35. The van der Waals surface area contributed by atoms with Crippen molar-refractivity contribution >= 4 is 35.7 Å². The molecule has 0 fully saturated rings. The number of alkyl halides is 2. The van der Waals surface area contributed by atoms with Crippen LogP contribution >= 0.6 is 26.6 Å². The van der Waals surface area contributed by atoms with Gasteiger partial charge < -0.3 is 0 Å². The predicted molar refractivity (Wildman–Crippen MR) is 54.7 cm³/mol. The zero-order valence-corrected chi connectivity index (χ0v) is 10.5.